The second-order valence-electron chi connectivity index (χ2n) is 3.40. The number of halogens is 2. The number of benzene rings is 1. The van der Waals surface area contributed by atoms with E-state index >= 15 is 0 Å². The van der Waals surface area contributed by atoms with Gasteiger partial charge in [-0.25, -0.2) is 0 Å². The van der Waals surface area contributed by atoms with E-state index in [1.165, 1.54) is 16.7 Å². The molecule has 3 heteroatoms. The summed E-state index contributed by atoms with van der Waals surface area (Å²) in [5.74, 6) is 0. The molecule has 1 aliphatic carbocycles. The van der Waals surface area contributed by atoms with Crippen LogP contribution in [0.3, 0.4) is 0 Å². The second kappa shape index (κ2) is 4.05. The number of rotatable bonds is 2. The van der Waals surface area contributed by atoms with Crippen molar-refractivity contribution in [2.75, 3.05) is 6.54 Å². The van der Waals surface area contributed by atoms with Gasteiger partial charge in [-0.2, -0.15) is 0 Å². The first kappa shape index (κ1) is 10.2. The van der Waals surface area contributed by atoms with E-state index in [9.17, 15) is 0 Å². The van der Waals surface area contributed by atoms with E-state index in [2.05, 4.69) is 28.1 Å². The van der Waals surface area contributed by atoms with Gasteiger partial charge in [-0.15, -0.1) is 0 Å². The van der Waals surface area contributed by atoms with Gasteiger partial charge in [0.25, 0.3) is 0 Å². The maximum Gasteiger partial charge on any atom is 0.0551 e. The molecule has 1 aromatic carbocycles. The van der Waals surface area contributed by atoms with Crippen molar-refractivity contribution in [2.24, 2.45) is 5.73 Å². The molecule has 0 aliphatic heterocycles. The summed E-state index contributed by atoms with van der Waals surface area (Å²) in [5, 5.41) is 0.783. The standard InChI is InChI=1S/C11H11BrClN/c12-10-6-9-7(3-4-14)1-2-8(9)5-11(10)13/h1,5-6H,2-4,14H2. The Balaban J connectivity index is 2.41. The van der Waals surface area contributed by atoms with Crippen molar-refractivity contribution in [3.63, 3.8) is 0 Å². The van der Waals surface area contributed by atoms with Crippen LogP contribution in [-0.2, 0) is 6.42 Å². The molecule has 0 heterocycles. The van der Waals surface area contributed by atoms with Gasteiger partial charge in [0.2, 0.25) is 0 Å². The summed E-state index contributed by atoms with van der Waals surface area (Å²) in [6.07, 6.45) is 4.17. The molecular weight excluding hydrogens is 261 g/mol. The van der Waals surface area contributed by atoms with Gasteiger partial charge in [0.05, 0.1) is 5.02 Å². The summed E-state index contributed by atoms with van der Waals surface area (Å²) in [6, 6.07) is 4.12. The molecule has 0 fully saturated rings. The molecule has 0 bridgehead atoms. The largest absolute Gasteiger partial charge is 0.330 e. The fourth-order valence-electron chi connectivity index (χ4n) is 1.79. The summed E-state index contributed by atoms with van der Waals surface area (Å²) in [6.45, 7) is 0.700. The average molecular weight is 273 g/mol. The van der Waals surface area contributed by atoms with Crippen molar-refractivity contribution in [1.82, 2.24) is 0 Å². The topological polar surface area (TPSA) is 26.0 Å². The van der Waals surface area contributed by atoms with Crippen molar-refractivity contribution in [3.8, 4) is 0 Å². The Labute approximate surface area is 97.1 Å². The monoisotopic (exact) mass is 271 g/mol. The minimum absolute atomic E-state index is 0.700. The molecule has 0 aromatic heterocycles. The number of fused-ring (bicyclic) bond motifs is 1. The smallest absolute Gasteiger partial charge is 0.0551 e. The number of nitrogens with two attached hydrogens (primary N) is 1. The second-order valence-corrected chi connectivity index (χ2v) is 4.66. The van der Waals surface area contributed by atoms with Crippen LogP contribution in [0, 0.1) is 0 Å². The first-order valence-electron chi connectivity index (χ1n) is 4.59. The van der Waals surface area contributed by atoms with E-state index in [0.717, 1.165) is 22.3 Å². The molecular formula is C11H11BrClN. The normalized spacial score (nSPS) is 14.1. The third-order valence-electron chi connectivity index (χ3n) is 2.47. The van der Waals surface area contributed by atoms with Crippen LogP contribution >= 0.6 is 27.5 Å². The van der Waals surface area contributed by atoms with Crippen LogP contribution in [-0.4, -0.2) is 6.54 Å². The summed E-state index contributed by atoms with van der Waals surface area (Å²) < 4.78 is 0.961. The maximum absolute atomic E-state index is 6.02. The Morgan fingerprint density at radius 2 is 2.21 bits per heavy atom. The lowest BCUT2D eigenvalue weighted by Gasteiger charge is -2.06. The summed E-state index contributed by atoms with van der Waals surface area (Å²) >= 11 is 9.46. The van der Waals surface area contributed by atoms with Crippen LogP contribution in [0.4, 0.5) is 0 Å². The number of hydrogen-bond acceptors (Lipinski definition) is 1. The van der Waals surface area contributed by atoms with Gasteiger partial charge in [-0.1, -0.05) is 17.7 Å². The first-order chi connectivity index (χ1) is 6.72. The lowest BCUT2D eigenvalue weighted by atomic mass is 10.0. The Morgan fingerprint density at radius 3 is 2.93 bits per heavy atom. The predicted octanol–water partition coefficient (Wildman–Crippen LogP) is 3.39. The van der Waals surface area contributed by atoms with Gasteiger partial charge >= 0.3 is 0 Å². The van der Waals surface area contributed by atoms with E-state index in [1.54, 1.807) is 0 Å². The molecule has 0 spiro atoms. The highest BCUT2D eigenvalue weighted by Gasteiger charge is 2.15. The molecule has 0 atom stereocenters. The zero-order valence-electron chi connectivity index (χ0n) is 7.69. The van der Waals surface area contributed by atoms with Crippen molar-refractivity contribution in [2.45, 2.75) is 12.8 Å². The van der Waals surface area contributed by atoms with E-state index < -0.39 is 0 Å². The average Bonchev–Trinajstić information content (AvgIpc) is 2.51. The van der Waals surface area contributed by atoms with Crippen LogP contribution in [0.1, 0.15) is 17.5 Å². The Bertz CT molecular complexity index is 399. The van der Waals surface area contributed by atoms with Gasteiger partial charge < -0.3 is 5.73 Å². The van der Waals surface area contributed by atoms with Gasteiger partial charge in [-0.05, 0) is 64.1 Å². The van der Waals surface area contributed by atoms with E-state index in [0.29, 0.717) is 6.54 Å². The van der Waals surface area contributed by atoms with Gasteiger partial charge in [-0.3, -0.25) is 0 Å². The van der Waals surface area contributed by atoms with Crippen molar-refractivity contribution >= 4 is 33.1 Å². The maximum atomic E-state index is 6.02. The highest BCUT2D eigenvalue weighted by atomic mass is 79.9. The molecule has 0 amide bonds. The van der Waals surface area contributed by atoms with Crippen LogP contribution < -0.4 is 5.73 Å². The minimum Gasteiger partial charge on any atom is -0.330 e. The molecule has 1 nitrogen and oxygen atoms in total. The third-order valence-corrected chi connectivity index (χ3v) is 3.67. The lowest BCUT2D eigenvalue weighted by Crippen LogP contribution is -1.99. The number of allylic oxidation sites excluding steroid dienone is 1. The van der Waals surface area contributed by atoms with Crippen molar-refractivity contribution < 1.29 is 0 Å². The highest BCUT2D eigenvalue weighted by molar-refractivity contribution is 9.10. The summed E-state index contributed by atoms with van der Waals surface area (Å²) in [7, 11) is 0. The summed E-state index contributed by atoms with van der Waals surface area (Å²) in [4.78, 5) is 0. The van der Waals surface area contributed by atoms with E-state index in [-0.39, 0.29) is 0 Å². The molecule has 0 unspecified atom stereocenters. The quantitative estimate of drug-likeness (QED) is 0.877. The van der Waals surface area contributed by atoms with Gasteiger partial charge in [0.15, 0.2) is 0 Å². The van der Waals surface area contributed by atoms with Gasteiger partial charge in [0.1, 0.15) is 0 Å². The molecule has 0 radical (unpaired) electrons. The minimum atomic E-state index is 0.700. The van der Waals surface area contributed by atoms with Crippen LogP contribution in [0.2, 0.25) is 5.02 Å². The van der Waals surface area contributed by atoms with E-state index in [1.807, 2.05) is 6.07 Å². The first-order valence-corrected chi connectivity index (χ1v) is 5.77. The predicted molar refractivity (Wildman–Crippen MR) is 64.5 cm³/mol. The molecule has 74 valence electrons. The highest BCUT2D eigenvalue weighted by Crippen LogP contribution is 2.35. The molecule has 0 saturated carbocycles. The zero-order valence-corrected chi connectivity index (χ0v) is 10.0. The Kier molecular flexibility index (Phi) is 2.96. The van der Waals surface area contributed by atoms with Crippen LogP contribution in [0.15, 0.2) is 22.7 Å². The van der Waals surface area contributed by atoms with E-state index in [4.69, 9.17) is 17.3 Å². The third kappa shape index (κ3) is 1.74. The summed E-state index contributed by atoms with van der Waals surface area (Å²) in [5.41, 5.74) is 9.51. The van der Waals surface area contributed by atoms with Crippen LogP contribution in [0.5, 0.6) is 0 Å². The fourth-order valence-corrected chi connectivity index (χ4v) is 2.32. The number of hydrogen-bond donors (Lipinski definition) is 1. The molecule has 1 aliphatic rings. The molecule has 2 N–H and O–H groups in total. The zero-order chi connectivity index (χ0) is 10.1. The Hall–Kier alpha value is -0.310. The fraction of sp³-hybridized carbons (Fsp3) is 0.273. The lowest BCUT2D eigenvalue weighted by molar-refractivity contribution is 1.02. The van der Waals surface area contributed by atoms with Gasteiger partial charge in [0, 0.05) is 4.47 Å². The Morgan fingerprint density at radius 1 is 1.43 bits per heavy atom. The molecule has 14 heavy (non-hydrogen) atoms. The molecule has 1 aromatic rings. The van der Waals surface area contributed by atoms with Crippen LogP contribution in [0.25, 0.3) is 5.57 Å². The van der Waals surface area contributed by atoms with Crippen molar-refractivity contribution in [1.29, 1.82) is 0 Å². The van der Waals surface area contributed by atoms with Crippen molar-refractivity contribution in [3.05, 3.63) is 38.8 Å². The SMILES string of the molecule is NCCC1=CCc2cc(Cl)c(Br)cc21. The molecule has 0 saturated heterocycles. The molecule has 2 rings (SSSR count).